The van der Waals surface area contributed by atoms with Crippen LogP contribution in [0.1, 0.15) is 6.92 Å². The van der Waals surface area contributed by atoms with E-state index in [1.54, 1.807) is 0 Å². The van der Waals surface area contributed by atoms with Gasteiger partial charge in [-0.2, -0.15) is 39.5 Å². The van der Waals surface area contributed by atoms with Crippen molar-refractivity contribution in [2.24, 2.45) is 5.92 Å². The highest BCUT2D eigenvalue weighted by atomic mass is 19.4. The molecule has 0 bridgehead atoms. The molecular formula is C7H6F10. The summed E-state index contributed by atoms with van der Waals surface area (Å²) in [4.78, 5) is 0. The molecule has 0 saturated carbocycles. The van der Waals surface area contributed by atoms with E-state index in [0.29, 0.717) is 0 Å². The third kappa shape index (κ3) is 2.30. The van der Waals surface area contributed by atoms with Gasteiger partial charge < -0.3 is 0 Å². The molecule has 104 valence electrons. The van der Waals surface area contributed by atoms with Gasteiger partial charge in [-0.05, 0) is 0 Å². The molecular weight excluding hydrogens is 274 g/mol. The summed E-state index contributed by atoms with van der Waals surface area (Å²) in [5, 5.41) is 0. The molecule has 0 heterocycles. The number of hydrogen-bond donors (Lipinski definition) is 0. The molecule has 0 amide bonds. The summed E-state index contributed by atoms with van der Waals surface area (Å²) in [6.45, 7) is -2.07. The van der Waals surface area contributed by atoms with E-state index in [4.69, 9.17) is 0 Å². The Labute approximate surface area is 88.6 Å². The minimum atomic E-state index is -6.95. The topological polar surface area (TPSA) is 0 Å². The van der Waals surface area contributed by atoms with Gasteiger partial charge in [0.05, 0.1) is 12.6 Å². The Morgan fingerprint density at radius 3 is 1.35 bits per heavy atom. The van der Waals surface area contributed by atoms with Crippen LogP contribution in [0.4, 0.5) is 43.9 Å². The normalized spacial score (nSPS) is 17.1. The van der Waals surface area contributed by atoms with Crippen molar-refractivity contribution in [3.63, 3.8) is 0 Å². The molecule has 0 radical (unpaired) electrons. The maximum Gasteiger partial charge on any atom is 0.460 e. The standard InChI is InChI=1S/C7H6F10/c1-3(2-8)4(9,10)5(11,12)6(13,14)7(15,16)17/h3H,2H2,1H3. The lowest BCUT2D eigenvalue weighted by molar-refractivity contribution is -0.402. The van der Waals surface area contributed by atoms with Crippen LogP contribution < -0.4 is 0 Å². The highest BCUT2D eigenvalue weighted by Crippen LogP contribution is 2.55. The van der Waals surface area contributed by atoms with Crippen molar-refractivity contribution in [1.82, 2.24) is 0 Å². The molecule has 0 aliphatic rings. The van der Waals surface area contributed by atoms with Gasteiger partial charge in [0.2, 0.25) is 0 Å². The maximum atomic E-state index is 12.7. The van der Waals surface area contributed by atoms with E-state index in [-0.39, 0.29) is 6.92 Å². The van der Waals surface area contributed by atoms with Crippen LogP contribution in [0.5, 0.6) is 0 Å². The first-order chi connectivity index (χ1) is 7.23. The second kappa shape index (κ2) is 4.20. The van der Waals surface area contributed by atoms with Crippen LogP contribution in [0.25, 0.3) is 0 Å². The fraction of sp³-hybridized carbons (Fsp3) is 1.00. The summed E-state index contributed by atoms with van der Waals surface area (Å²) >= 11 is 0. The number of hydrogen-bond acceptors (Lipinski definition) is 0. The van der Waals surface area contributed by atoms with Crippen LogP contribution in [0, 0.1) is 5.92 Å². The Kier molecular flexibility index (Phi) is 4.03. The van der Waals surface area contributed by atoms with Crippen molar-refractivity contribution in [2.45, 2.75) is 30.9 Å². The molecule has 0 saturated heterocycles. The molecule has 0 aromatic rings. The zero-order valence-corrected chi connectivity index (χ0v) is 8.06. The molecule has 1 atom stereocenters. The zero-order valence-electron chi connectivity index (χ0n) is 8.06. The Hall–Kier alpha value is -0.700. The van der Waals surface area contributed by atoms with Crippen LogP contribution in [-0.2, 0) is 0 Å². The van der Waals surface area contributed by atoms with Crippen LogP contribution >= 0.6 is 0 Å². The lowest BCUT2D eigenvalue weighted by atomic mass is 9.94. The first-order valence-electron chi connectivity index (χ1n) is 3.99. The second-order valence-electron chi connectivity index (χ2n) is 3.32. The van der Waals surface area contributed by atoms with Crippen molar-refractivity contribution < 1.29 is 43.9 Å². The minimum Gasteiger partial charge on any atom is -0.251 e. The van der Waals surface area contributed by atoms with Gasteiger partial charge >= 0.3 is 23.9 Å². The smallest absolute Gasteiger partial charge is 0.251 e. The van der Waals surface area contributed by atoms with Crippen LogP contribution in [0.2, 0.25) is 0 Å². The third-order valence-electron chi connectivity index (χ3n) is 2.02. The van der Waals surface area contributed by atoms with Crippen molar-refractivity contribution in [1.29, 1.82) is 0 Å². The van der Waals surface area contributed by atoms with E-state index >= 15 is 0 Å². The molecule has 0 aromatic heterocycles. The molecule has 0 nitrogen and oxygen atoms in total. The summed E-state index contributed by atoms with van der Waals surface area (Å²) in [6, 6.07) is 0. The van der Waals surface area contributed by atoms with Gasteiger partial charge in [0.25, 0.3) is 0 Å². The highest BCUT2D eigenvalue weighted by molar-refractivity contribution is 5.02. The molecule has 0 aliphatic carbocycles. The van der Waals surface area contributed by atoms with Gasteiger partial charge in [-0.25, -0.2) is 0 Å². The third-order valence-corrected chi connectivity index (χ3v) is 2.02. The van der Waals surface area contributed by atoms with Crippen molar-refractivity contribution in [2.75, 3.05) is 6.67 Å². The molecule has 0 fully saturated rings. The van der Waals surface area contributed by atoms with Gasteiger partial charge in [0.15, 0.2) is 0 Å². The van der Waals surface area contributed by atoms with Crippen molar-refractivity contribution in [3.8, 4) is 0 Å². The Bertz CT molecular complexity index is 264. The van der Waals surface area contributed by atoms with E-state index in [1.165, 1.54) is 0 Å². The van der Waals surface area contributed by atoms with E-state index in [1.807, 2.05) is 0 Å². The zero-order chi connectivity index (χ0) is 14.3. The number of halogens is 10. The number of alkyl halides is 10. The average Bonchev–Trinajstić information content (AvgIpc) is 2.13. The first kappa shape index (κ1) is 16.3. The van der Waals surface area contributed by atoms with E-state index in [2.05, 4.69) is 0 Å². The van der Waals surface area contributed by atoms with E-state index in [9.17, 15) is 43.9 Å². The molecule has 1 unspecified atom stereocenters. The largest absolute Gasteiger partial charge is 0.460 e. The SMILES string of the molecule is CC(CF)C(F)(F)C(F)(F)C(F)(F)C(F)(F)F. The lowest BCUT2D eigenvalue weighted by Gasteiger charge is -2.35. The molecule has 0 aromatic carbocycles. The van der Waals surface area contributed by atoms with Crippen LogP contribution in [0.15, 0.2) is 0 Å². The van der Waals surface area contributed by atoms with E-state index < -0.39 is 36.5 Å². The predicted molar refractivity (Wildman–Crippen MR) is 36.0 cm³/mol. The summed E-state index contributed by atoms with van der Waals surface area (Å²) in [5.41, 5.74) is 0. The molecule has 17 heavy (non-hydrogen) atoms. The van der Waals surface area contributed by atoms with E-state index in [0.717, 1.165) is 0 Å². The fourth-order valence-corrected chi connectivity index (χ4v) is 0.794. The van der Waals surface area contributed by atoms with Gasteiger partial charge in [0, 0.05) is 0 Å². The Balaban J connectivity index is 5.55. The minimum absolute atomic E-state index is 0.0976. The molecule has 0 spiro atoms. The fourth-order valence-electron chi connectivity index (χ4n) is 0.794. The monoisotopic (exact) mass is 280 g/mol. The molecule has 0 aliphatic heterocycles. The summed E-state index contributed by atoms with van der Waals surface area (Å²) in [6.07, 6.45) is -6.87. The molecule has 10 heteroatoms. The maximum absolute atomic E-state index is 12.7. The van der Waals surface area contributed by atoms with Gasteiger partial charge in [-0.3, -0.25) is 4.39 Å². The quantitative estimate of drug-likeness (QED) is 0.681. The highest BCUT2D eigenvalue weighted by Gasteiger charge is 2.82. The van der Waals surface area contributed by atoms with Crippen molar-refractivity contribution in [3.05, 3.63) is 0 Å². The number of rotatable bonds is 4. The summed E-state index contributed by atoms with van der Waals surface area (Å²) in [5.74, 6) is -22.5. The lowest BCUT2D eigenvalue weighted by Crippen LogP contribution is -2.62. The predicted octanol–water partition coefficient (Wildman–Crippen LogP) is 4.06. The van der Waals surface area contributed by atoms with Crippen molar-refractivity contribution >= 4 is 0 Å². The molecule has 0 N–H and O–H groups in total. The van der Waals surface area contributed by atoms with Crippen LogP contribution in [0.3, 0.4) is 0 Å². The summed E-state index contributed by atoms with van der Waals surface area (Å²) < 4.78 is 121. The average molecular weight is 280 g/mol. The second-order valence-corrected chi connectivity index (χ2v) is 3.32. The summed E-state index contributed by atoms with van der Waals surface area (Å²) in [7, 11) is 0. The Morgan fingerprint density at radius 1 is 0.765 bits per heavy atom. The first-order valence-corrected chi connectivity index (χ1v) is 3.99. The van der Waals surface area contributed by atoms with Gasteiger partial charge in [-0.1, -0.05) is 6.92 Å². The Morgan fingerprint density at radius 2 is 1.12 bits per heavy atom. The van der Waals surface area contributed by atoms with Gasteiger partial charge in [-0.15, -0.1) is 0 Å². The van der Waals surface area contributed by atoms with Crippen LogP contribution in [-0.4, -0.2) is 30.6 Å². The molecule has 0 rings (SSSR count). The van der Waals surface area contributed by atoms with Gasteiger partial charge in [0.1, 0.15) is 0 Å².